The summed E-state index contributed by atoms with van der Waals surface area (Å²) < 4.78 is 0. The summed E-state index contributed by atoms with van der Waals surface area (Å²) in [6.45, 7) is 1.74. The van der Waals surface area contributed by atoms with Gasteiger partial charge in [0.1, 0.15) is 6.04 Å². The first-order valence-electron chi connectivity index (χ1n) is 7.32. The van der Waals surface area contributed by atoms with Crippen molar-refractivity contribution in [3.05, 3.63) is 0 Å². The molecule has 2 amide bonds. The lowest BCUT2D eigenvalue weighted by molar-refractivity contribution is -0.145. The van der Waals surface area contributed by atoms with Gasteiger partial charge in [-0.05, 0) is 26.3 Å². The summed E-state index contributed by atoms with van der Waals surface area (Å²) in [6, 6.07) is -3.31. The Balaban J connectivity index is 4.60. The van der Waals surface area contributed by atoms with Crippen LogP contribution in [-0.2, 0) is 14.4 Å². The molecule has 0 aliphatic rings. The van der Waals surface area contributed by atoms with Gasteiger partial charge in [-0.1, -0.05) is 6.42 Å². The number of aliphatic hydroxyl groups excluding tert-OH is 1. The molecule has 0 heterocycles. The lowest BCUT2D eigenvalue weighted by Crippen LogP contribution is -2.57. The molecule has 0 aliphatic heterocycles. The molecule has 0 aromatic rings. The lowest BCUT2D eigenvalue weighted by atomic mass is 10.1. The number of carboxylic acids is 1. The number of thiol groups is 1. The van der Waals surface area contributed by atoms with E-state index in [1.54, 1.807) is 0 Å². The van der Waals surface area contributed by atoms with Crippen LogP contribution in [0.3, 0.4) is 0 Å². The van der Waals surface area contributed by atoms with E-state index in [1.165, 1.54) is 6.92 Å². The highest BCUT2D eigenvalue weighted by Gasteiger charge is 2.29. The van der Waals surface area contributed by atoms with Gasteiger partial charge in [-0.25, -0.2) is 4.79 Å². The summed E-state index contributed by atoms with van der Waals surface area (Å²) in [5.74, 6) is -2.70. The van der Waals surface area contributed by atoms with Crippen molar-refractivity contribution < 1.29 is 24.6 Å². The zero-order chi connectivity index (χ0) is 18.0. The summed E-state index contributed by atoms with van der Waals surface area (Å²) in [7, 11) is 0. The molecule has 0 aromatic carbocycles. The van der Waals surface area contributed by atoms with Crippen LogP contribution in [0.1, 0.15) is 26.2 Å². The molecule has 0 unspecified atom stereocenters. The fourth-order valence-electron chi connectivity index (χ4n) is 1.76. The van der Waals surface area contributed by atoms with Gasteiger partial charge < -0.3 is 32.3 Å². The molecule has 0 saturated heterocycles. The minimum Gasteiger partial charge on any atom is -0.480 e. The van der Waals surface area contributed by atoms with Gasteiger partial charge in [-0.15, -0.1) is 0 Å². The first-order chi connectivity index (χ1) is 10.7. The smallest absolute Gasteiger partial charge is 0.328 e. The van der Waals surface area contributed by atoms with E-state index in [4.69, 9.17) is 16.6 Å². The largest absolute Gasteiger partial charge is 0.480 e. The summed E-state index contributed by atoms with van der Waals surface area (Å²) in [6.07, 6.45) is 0.569. The van der Waals surface area contributed by atoms with Crippen LogP contribution in [-0.4, -0.2) is 64.5 Å². The van der Waals surface area contributed by atoms with Gasteiger partial charge in [0.15, 0.2) is 6.04 Å². The SMILES string of the molecule is C[C@@H](O)[C@H](NC(=O)[C@H](CS)NC(=O)[C@@H](N)CCCCN)C(=O)O. The van der Waals surface area contributed by atoms with Crippen LogP contribution in [0.4, 0.5) is 0 Å². The van der Waals surface area contributed by atoms with E-state index in [2.05, 4.69) is 23.3 Å². The average Bonchev–Trinajstić information content (AvgIpc) is 2.48. The number of amides is 2. The summed E-state index contributed by atoms with van der Waals surface area (Å²) in [5, 5.41) is 22.8. The zero-order valence-electron chi connectivity index (χ0n) is 13.1. The highest BCUT2D eigenvalue weighted by Crippen LogP contribution is 2.00. The van der Waals surface area contributed by atoms with E-state index in [0.717, 1.165) is 6.42 Å². The molecule has 0 saturated carbocycles. The predicted octanol–water partition coefficient (Wildman–Crippen LogP) is -2.19. The fraction of sp³-hybridized carbons (Fsp3) is 0.769. The fourth-order valence-corrected chi connectivity index (χ4v) is 2.01. The number of carbonyl (C=O) groups is 3. The molecule has 23 heavy (non-hydrogen) atoms. The van der Waals surface area contributed by atoms with Gasteiger partial charge in [0.05, 0.1) is 12.1 Å². The first-order valence-corrected chi connectivity index (χ1v) is 7.95. The number of nitrogens with two attached hydrogens (primary N) is 2. The average molecular weight is 350 g/mol. The van der Waals surface area contributed by atoms with Gasteiger partial charge in [-0.3, -0.25) is 9.59 Å². The van der Waals surface area contributed by atoms with E-state index in [0.29, 0.717) is 19.4 Å². The van der Waals surface area contributed by atoms with E-state index in [1.807, 2.05) is 0 Å². The van der Waals surface area contributed by atoms with Crippen LogP contribution in [0.25, 0.3) is 0 Å². The second kappa shape index (κ2) is 11.2. The van der Waals surface area contributed by atoms with Gasteiger partial charge in [-0.2, -0.15) is 12.6 Å². The Labute approximate surface area is 140 Å². The van der Waals surface area contributed by atoms with Crippen LogP contribution >= 0.6 is 12.6 Å². The number of hydrogen-bond acceptors (Lipinski definition) is 7. The quantitative estimate of drug-likeness (QED) is 0.164. The van der Waals surface area contributed by atoms with E-state index in [-0.39, 0.29) is 5.75 Å². The molecule has 0 fully saturated rings. The molecule has 0 aliphatic carbocycles. The molecule has 0 rings (SSSR count). The predicted molar refractivity (Wildman–Crippen MR) is 87.9 cm³/mol. The van der Waals surface area contributed by atoms with Crippen LogP contribution in [0.2, 0.25) is 0 Å². The maximum Gasteiger partial charge on any atom is 0.328 e. The number of unbranched alkanes of at least 4 members (excludes halogenated alkanes) is 1. The maximum absolute atomic E-state index is 12.0. The van der Waals surface area contributed by atoms with Crippen molar-refractivity contribution in [3.63, 3.8) is 0 Å². The Morgan fingerprint density at radius 2 is 1.78 bits per heavy atom. The van der Waals surface area contributed by atoms with Crippen molar-refractivity contribution in [2.75, 3.05) is 12.3 Å². The van der Waals surface area contributed by atoms with Crippen molar-refractivity contribution in [1.29, 1.82) is 0 Å². The number of hydrogen-bond donors (Lipinski definition) is 7. The third-order valence-corrected chi connectivity index (χ3v) is 3.53. The number of aliphatic hydroxyl groups is 1. The molecule has 0 spiro atoms. The highest BCUT2D eigenvalue weighted by atomic mass is 32.1. The van der Waals surface area contributed by atoms with Crippen molar-refractivity contribution in [3.8, 4) is 0 Å². The minimum atomic E-state index is -1.47. The third-order valence-electron chi connectivity index (χ3n) is 3.17. The van der Waals surface area contributed by atoms with Crippen LogP contribution in [0.15, 0.2) is 0 Å². The molecule has 4 atom stereocenters. The van der Waals surface area contributed by atoms with Crippen LogP contribution in [0.5, 0.6) is 0 Å². The van der Waals surface area contributed by atoms with Crippen molar-refractivity contribution in [1.82, 2.24) is 10.6 Å². The minimum absolute atomic E-state index is 0.0424. The Morgan fingerprint density at radius 3 is 2.22 bits per heavy atom. The van der Waals surface area contributed by atoms with Gasteiger partial charge >= 0.3 is 5.97 Å². The Bertz CT molecular complexity index is 408. The third kappa shape index (κ3) is 8.16. The molecule has 8 N–H and O–H groups in total. The van der Waals surface area contributed by atoms with Gasteiger partial charge in [0.2, 0.25) is 11.8 Å². The number of nitrogens with one attached hydrogen (secondary N) is 2. The normalized spacial score (nSPS) is 16.0. The Hall–Kier alpha value is -1.36. The Kier molecular flexibility index (Phi) is 10.6. The van der Waals surface area contributed by atoms with Gasteiger partial charge in [0, 0.05) is 5.75 Å². The lowest BCUT2D eigenvalue weighted by Gasteiger charge is -2.22. The molecular weight excluding hydrogens is 324 g/mol. The maximum atomic E-state index is 12.0. The molecule has 10 heteroatoms. The summed E-state index contributed by atoms with van der Waals surface area (Å²) >= 11 is 3.97. The van der Waals surface area contributed by atoms with E-state index >= 15 is 0 Å². The second-order valence-corrected chi connectivity index (χ2v) is 5.56. The molecule has 0 bridgehead atoms. The number of aliphatic carboxylic acids is 1. The van der Waals surface area contributed by atoms with Crippen molar-refractivity contribution >= 4 is 30.4 Å². The molecular formula is C13H26N4O5S. The van der Waals surface area contributed by atoms with Crippen LogP contribution in [0, 0.1) is 0 Å². The molecule has 0 aromatic heterocycles. The van der Waals surface area contributed by atoms with Crippen molar-refractivity contribution in [2.45, 2.75) is 50.4 Å². The number of rotatable bonds is 11. The topological polar surface area (TPSA) is 168 Å². The molecule has 134 valence electrons. The number of carbonyl (C=O) groups excluding carboxylic acids is 2. The molecule has 9 nitrogen and oxygen atoms in total. The van der Waals surface area contributed by atoms with E-state index < -0.39 is 42.0 Å². The summed E-state index contributed by atoms with van der Waals surface area (Å²) in [4.78, 5) is 34.9. The highest BCUT2D eigenvalue weighted by molar-refractivity contribution is 7.80. The second-order valence-electron chi connectivity index (χ2n) is 5.20. The molecule has 0 radical (unpaired) electrons. The monoisotopic (exact) mass is 350 g/mol. The first kappa shape index (κ1) is 21.6. The Morgan fingerprint density at radius 1 is 1.17 bits per heavy atom. The van der Waals surface area contributed by atoms with Gasteiger partial charge in [0.25, 0.3) is 0 Å². The zero-order valence-corrected chi connectivity index (χ0v) is 14.0. The number of carboxylic acid groups (broad SMARTS) is 1. The van der Waals surface area contributed by atoms with Crippen LogP contribution < -0.4 is 22.1 Å². The van der Waals surface area contributed by atoms with E-state index in [9.17, 15) is 19.5 Å². The van der Waals surface area contributed by atoms with Crippen molar-refractivity contribution in [2.24, 2.45) is 11.5 Å². The standard InChI is InChI=1S/C13H26N4O5S/c1-7(18)10(13(21)22)17-12(20)9(6-23)16-11(19)8(15)4-2-3-5-14/h7-10,18,23H,2-6,14-15H2,1H3,(H,16,19)(H,17,20)(H,21,22)/t7-,8+,9+,10+/m1/s1. The summed E-state index contributed by atoms with van der Waals surface area (Å²) in [5.41, 5.74) is 11.1.